The molecule has 0 atom stereocenters. The molecule has 0 aliphatic heterocycles. The van der Waals surface area contributed by atoms with Gasteiger partial charge in [-0.1, -0.05) is 6.07 Å². The van der Waals surface area contributed by atoms with Gasteiger partial charge in [0.15, 0.2) is 0 Å². The summed E-state index contributed by atoms with van der Waals surface area (Å²) in [6, 6.07) is 6.74. The van der Waals surface area contributed by atoms with E-state index in [1.807, 2.05) is 6.07 Å². The van der Waals surface area contributed by atoms with Crippen LogP contribution in [0.4, 0.5) is 10.1 Å². The van der Waals surface area contributed by atoms with Gasteiger partial charge in [0.2, 0.25) is 0 Å². The summed E-state index contributed by atoms with van der Waals surface area (Å²) in [4.78, 5) is 14.3. The zero-order chi connectivity index (χ0) is 14.1. The molecular weight excluding hydrogens is 273 g/mol. The lowest BCUT2D eigenvalue weighted by atomic mass is 9.99. The number of thiophene rings is 1. The van der Waals surface area contributed by atoms with Gasteiger partial charge in [0, 0.05) is 10.6 Å². The Morgan fingerprint density at radius 2 is 2.05 bits per heavy atom. The third-order valence-corrected chi connectivity index (χ3v) is 4.89. The van der Waals surface area contributed by atoms with E-state index in [0.29, 0.717) is 11.3 Å². The van der Waals surface area contributed by atoms with Gasteiger partial charge >= 0.3 is 0 Å². The molecule has 1 amide bonds. The summed E-state index contributed by atoms with van der Waals surface area (Å²) in [5, 5.41) is 2.77. The molecule has 0 saturated heterocycles. The normalized spacial score (nSPS) is 13.9. The standard InChI is InChI=1S/C16H16FNOS/c1-10-6-7-12(9-13(10)17)18-16(19)15-8-11-4-2-3-5-14(11)20-15/h6-9H,2-5H2,1H3,(H,18,19). The van der Waals surface area contributed by atoms with Gasteiger partial charge in [-0.2, -0.15) is 0 Å². The van der Waals surface area contributed by atoms with Crippen molar-refractivity contribution in [2.24, 2.45) is 0 Å². The zero-order valence-corrected chi connectivity index (χ0v) is 12.1. The van der Waals surface area contributed by atoms with Crippen LogP contribution in [-0.2, 0) is 12.8 Å². The van der Waals surface area contributed by atoms with Crippen molar-refractivity contribution < 1.29 is 9.18 Å². The molecule has 0 spiro atoms. The summed E-state index contributed by atoms with van der Waals surface area (Å²) in [6.45, 7) is 1.70. The second kappa shape index (κ2) is 5.37. The first kappa shape index (κ1) is 13.3. The molecule has 2 nitrogen and oxygen atoms in total. The lowest BCUT2D eigenvalue weighted by Crippen LogP contribution is -2.10. The van der Waals surface area contributed by atoms with E-state index in [9.17, 15) is 9.18 Å². The molecule has 20 heavy (non-hydrogen) atoms. The SMILES string of the molecule is Cc1ccc(NC(=O)c2cc3c(s2)CCCC3)cc1F. The van der Waals surface area contributed by atoms with Crippen LogP contribution < -0.4 is 5.32 Å². The second-order valence-electron chi connectivity index (χ2n) is 5.18. The molecule has 0 saturated carbocycles. The number of hydrogen-bond acceptors (Lipinski definition) is 2. The van der Waals surface area contributed by atoms with Crippen LogP contribution in [0, 0.1) is 12.7 Å². The first-order chi connectivity index (χ1) is 9.63. The molecule has 3 rings (SSSR count). The van der Waals surface area contributed by atoms with Crippen LogP contribution in [0.25, 0.3) is 0 Å². The molecule has 2 aromatic rings. The molecule has 4 heteroatoms. The molecule has 0 radical (unpaired) electrons. The van der Waals surface area contributed by atoms with Crippen LogP contribution in [0.2, 0.25) is 0 Å². The van der Waals surface area contributed by atoms with E-state index in [0.717, 1.165) is 17.7 Å². The number of halogens is 1. The summed E-state index contributed by atoms with van der Waals surface area (Å²) in [7, 11) is 0. The smallest absolute Gasteiger partial charge is 0.265 e. The molecule has 1 aromatic heterocycles. The maximum atomic E-state index is 13.5. The number of rotatable bonds is 2. The Balaban J connectivity index is 1.78. The van der Waals surface area contributed by atoms with Gasteiger partial charge in [-0.25, -0.2) is 4.39 Å². The third kappa shape index (κ3) is 2.61. The summed E-state index contributed by atoms with van der Waals surface area (Å²) in [5.41, 5.74) is 2.39. The highest BCUT2D eigenvalue weighted by molar-refractivity contribution is 7.14. The Morgan fingerprint density at radius 3 is 2.80 bits per heavy atom. The zero-order valence-electron chi connectivity index (χ0n) is 11.3. The average Bonchev–Trinajstić information content (AvgIpc) is 2.87. The highest BCUT2D eigenvalue weighted by Crippen LogP contribution is 2.30. The number of carbonyl (C=O) groups excluding carboxylic acids is 1. The molecule has 104 valence electrons. The number of benzene rings is 1. The number of anilines is 1. The van der Waals surface area contributed by atoms with E-state index in [2.05, 4.69) is 5.32 Å². The third-order valence-electron chi connectivity index (χ3n) is 3.65. The van der Waals surface area contributed by atoms with Crippen molar-refractivity contribution >= 4 is 22.9 Å². The number of fused-ring (bicyclic) bond motifs is 1. The summed E-state index contributed by atoms with van der Waals surface area (Å²) < 4.78 is 13.5. The van der Waals surface area contributed by atoms with Crippen LogP contribution in [0.1, 0.15) is 38.5 Å². The van der Waals surface area contributed by atoms with Crippen LogP contribution in [0.5, 0.6) is 0 Å². The van der Waals surface area contributed by atoms with Crippen molar-refractivity contribution in [3.8, 4) is 0 Å². The van der Waals surface area contributed by atoms with Crippen molar-refractivity contribution in [3.63, 3.8) is 0 Å². The molecule has 1 heterocycles. The van der Waals surface area contributed by atoms with E-state index in [4.69, 9.17) is 0 Å². The Bertz CT molecular complexity index is 639. The first-order valence-corrected chi connectivity index (χ1v) is 7.64. The molecule has 1 aliphatic rings. The van der Waals surface area contributed by atoms with Crippen molar-refractivity contribution in [1.29, 1.82) is 0 Å². The van der Waals surface area contributed by atoms with Crippen molar-refractivity contribution in [3.05, 3.63) is 51.0 Å². The Kier molecular flexibility index (Phi) is 3.57. The lowest BCUT2D eigenvalue weighted by Gasteiger charge is -2.08. The molecular formula is C16H16FNOS. The minimum atomic E-state index is -0.298. The highest BCUT2D eigenvalue weighted by Gasteiger charge is 2.17. The van der Waals surface area contributed by atoms with E-state index in [1.165, 1.54) is 29.3 Å². The molecule has 0 fully saturated rings. The van der Waals surface area contributed by atoms with Gasteiger partial charge in [-0.05, 0) is 61.9 Å². The van der Waals surface area contributed by atoms with Crippen LogP contribution in [0.3, 0.4) is 0 Å². The van der Waals surface area contributed by atoms with Gasteiger partial charge in [0.1, 0.15) is 5.82 Å². The van der Waals surface area contributed by atoms with Gasteiger partial charge < -0.3 is 5.32 Å². The van der Waals surface area contributed by atoms with E-state index >= 15 is 0 Å². The molecule has 1 aromatic carbocycles. The average molecular weight is 289 g/mol. The summed E-state index contributed by atoms with van der Waals surface area (Å²) in [5.74, 6) is -0.444. The van der Waals surface area contributed by atoms with Crippen molar-refractivity contribution in [2.45, 2.75) is 32.6 Å². The van der Waals surface area contributed by atoms with Gasteiger partial charge in [0.05, 0.1) is 4.88 Å². The fraction of sp³-hybridized carbons (Fsp3) is 0.312. The van der Waals surface area contributed by atoms with E-state index in [-0.39, 0.29) is 11.7 Å². The monoisotopic (exact) mass is 289 g/mol. The number of nitrogens with one attached hydrogen (secondary N) is 1. The van der Waals surface area contributed by atoms with Gasteiger partial charge in [-0.3, -0.25) is 4.79 Å². The van der Waals surface area contributed by atoms with Gasteiger partial charge in [0.25, 0.3) is 5.91 Å². The number of hydrogen-bond donors (Lipinski definition) is 1. The highest BCUT2D eigenvalue weighted by atomic mass is 32.1. The van der Waals surface area contributed by atoms with Crippen LogP contribution >= 0.6 is 11.3 Å². The lowest BCUT2D eigenvalue weighted by molar-refractivity contribution is 0.103. The number of carbonyl (C=O) groups is 1. The molecule has 0 unspecified atom stereocenters. The maximum Gasteiger partial charge on any atom is 0.265 e. The quantitative estimate of drug-likeness (QED) is 0.876. The molecule has 1 aliphatic carbocycles. The van der Waals surface area contributed by atoms with E-state index < -0.39 is 0 Å². The minimum Gasteiger partial charge on any atom is -0.321 e. The van der Waals surface area contributed by atoms with Crippen LogP contribution in [0.15, 0.2) is 24.3 Å². The topological polar surface area (TPSA) is 29.1 Å². The fourth-order valence-electron chi connectivity index (χ4n) is 2.47. The first-order valence-electron chi connectivity index (χ1n) is 6.82. The number of amides is 1. The number of aryl methyl sites for hydroxylation is 3. The maximum absolute atomic E-state index is 13.5. The summed E-state index contributed by atoms with van der Waals surface area (Å²) >= 11 is 1.56. The Hall–Kier alpha value is -1.68. The Labute approximate surface area is 121 Å². The Morgan fingerprint density at radius 1 is 1.25 bits per heavy atom. The largest absolute Gasteiger partial charge is 0.321 e. The predicted molar refractivity (Wildman–Crippen MR) is 80.1 cm³/mol. The van der Waals surface area contributed by atoms with Crippen LogP contribution in [-0.4, -0.2) is 5.91 Å². The molecule has 0 bridgehead atoms. The van der Waals surface area contributed by atoms with Gasteiger partial charge in [-0.15, -0.1) is 11.3 Å². The van der Waals surface area contributed by atoms with Crippen molar-refractivity contribution in [2.75, 3.05) is 5.32 Å². The fourth-order valence-corrected chi connectivity index (χ4v) is 3.61. The second-order valence-corrected chi connectivity index (χ2v) is 6.32. The predicted octanol–water partition coefficient (Wildman–Crippen LogP) is 4.33. The van der Waals surface area contributed by atoms with Crippen molar-refractivity contribution in [1.82, 2.24) is 0 Å². The van der Waals surface area contributed by atoms with E-state index in [1.54, 1.807) is 30.4 Å². The minimum absolute atomic E-state index is 0.146. The molecule has 1 N–H and O–H groups in total. The summed E-state index contributed by atoms with van der Waals surface area (Å²) in [6.07, 6.45) is 4.55.